The maximum Gasteiger partial charge on any atom is 0.341 e. The first-order chi connectivity index (χ1) is 13.8. The Morgan fingerprint density at radius 1 is 1.38 bits per heavy atom. The minimum atomic E-state index is -1.39. The molecule has 1 saturated carbocycles. The van der Waals surface area contributed by atoms with E-state index in [0.29, 0.717) is 19.0 Å². The number of nitrogens with one attached hydrogen (secondary N) is 1. The SMILES string of the molecule is CCNCC1CCN(c2c(F)cc3c(=O)c(C(=O)O)cn(C4CC4C)c3c2F)C1. The predicted molar refractivity (Wildman–Crippen MR) is 107 cm³/mol. The molecule has 6 nitrogen and oxygen atoms in total. The topological polar surface area (TPSA) is 74.6 Å². The molecule has 1 saturated heterocycles. The van der Waals surface area contributed by atoms with Crippen LogP contribution in [-0.2, 0) is 0 Å². The van der Waals surface area contributed by atoms with Crippen molar-refractivity contribution in [1.29, 1.82) is 0 Å². The lowest BCUT2D eigenvalue weighted by Gasteiger charge is -2.22. The van der Waals surface area contributed by atoms with Crippen LogP contribution in [0.2, 0.25) is 0 Å². The normalized spacial score (nSPS) is 23.7. The first-order valence-corrected chi connectivity index (χ1v) is 10.1. The van der Waals surface area contributed by atoms with E-state index in [2.05, 4.69) is 5.32 Å². The molecule has 1 aromatic heterocycles. The van der Waals surface area contributed by atoms with E-state index < -0.39 is 28.6 Å². The molecule has 1 aliphatic heterocycles. The average Bonchev–Trinajstić information content (AvgIpc) is 3.21. The van der Waals surface area contributed by atoms with Gasteiger partial charge in [-0.3, -0.25) is 4.79 Å². The first kappa shape index (κ1) is 19.8. The van der Waals surface area contributed by atoms with Crippen LogP contribution in [0.5, 0.6) is 0 Å². The number of nitrogens with zero attached hydrogens (tertiary/aromatic N) is 2. The van der Waals surface area contributed by atoms with Gasteiger partial charge in [-0.25, -0.2) is 13.6 Å². The Morgan fingerprint density at radius 2 is 2.10 bits per heavy atom. The van der Waals surface area contributed by atoms with Crippen LogP contribution in [0.15, 0.2) is 17.1 Å². The number of carbonyl (C=O) groups is 1. The standard InChI is InChI=1S/C21H25F2N3O3/c1-3-24-8-12-4-5-25(9-12)19-15(22)7-13-18(17(19)23)26(16-6-11(16)2)10-14(20(13)27)21(28)29/h7,10-12,16,24H,3-6,8-9H2,1-2H3,(H,28,29). The van der Waals surface area contributed by atoms with Crippen LogP contribution in [-0.4, -0.2) is 41.8 Å². The lowest BCUT2D eigenvalue weighted by atomic mass is 10.1. The Kier molecular flexibility index (Phi) is 5.06. The van der Waals surface area contributed by atoms with Crippen molar-refractivity contribution in [2.45, 2.75) is 32.7 Å². The van der Waals surface area contributed by atoms with E-state index in [0.717, 1.165) is 32.0 Å². The summed E-state index contributed by atoms with van der Waals surface area (Å²) < 4.78 is 32.1. The van der Waals surface area contributed by atoms with Crippen molar-refractivity contribution in [1.82, 2.24) is 9.88 Å². The zero-order valence-corrected chi connectivity index (χ0v) is 16.5. The monoisotopic (exact) mass is 405 g/mol. The maximum absolute atomic E-state index is 15.6. The van der Waals surface area contributed by atoms with Crippen LogP contribution in [0.25, 0.3) is 10.9 Å². The van der Waals surface area contributed by atoms with Gasteiger partial charge in [0.15, 0.2) is 5.82 Å². The molecule has 0 bridgehead atoms. The van der Waals surface area contributed by atoms with Gasteiger partial charge in [0.25, 0.3) is 0 Å². The van der Waals surface area contributed by atoms with E-state index in [4.69, 9.17) is 0 Å². The molecule has 2 aliphatic rings. The molecule has 2 fully saturated rings. The third kappa shape index (κ3) is 3.39. The Hall–Kier alpha value is -2.48. The molecule has 1 aromatic carbocycles. The summed E-state index contributed by atoms with van der Waals surface area (Å²) in [6.07, 6.45) is 2.80. The van der Waals surface area contributed by atoms with Crippen molar-refractivity contribution in [3.05, 3.63) is 39.7 Å². The van der Waals surface area contributed by atoms with Gasteiger partial charge in [-0.1, -0.05) is 13.8 Å². The number of hydrogen-bond acceptors (Lipinski definition) is 4. The van der Waals surface area contributed by atoms with Gasteiger partial charge >= 0.3 is 5.97 Å². The highest BCUT2D eigenvalue weighted by atomic mass is 19.1. The third-order valence-corrected chi connectivity index (χ3v) is 6.12. The molecule has 29 heavy (non-hydrogen) atoms. The summed E-state index contributed by atoms with van der Waals surface area (Å²) in [7, 11) is 0. The highest BCUT2D eigenvalue weighted by Crippen LogP contribution is 2.45. The van der Waals surface area contributed by atoms with Gasteiger partial charge in [0, 0.05) is 25.3 Å². The molecule has 0 amide bonds. The lowest BCUT2D eigenvalue weighted by molar-refractivity contribution is 0.0694. The van der Waals surface area contributed by atoms with E-state index in [1.165, 1.54) is 10.8 Å². The highest BCUT2D eigenvalue weighted by Gasteiger charge is 2.37. The number of rotatable bonds is 6. The van der Waals surface area contributed by atoms with E-state index in [1.54, 1.807) is 4.90 Å². The van der Waals surface area contributed by atoms with Crippen LogP contribution in [0, 0.1) is 23.5 Å². The molecule has 0 spiro atoms. The van der Waals surface area contributed by atoms with Crippen LogP contribution in [0.3, 0.4) is 0 Å². The van der Waals surface area contributed by atoms with Gasteiger partial charge in [-0.05, 0) is 43.8 Å². The quantitative estimate of drug-likeness (QED) is 0.773. The van der Waals surface area contributed by atoms with Crippen LogP contribution >= 0.6 is 0 Å². The average molecular weight is 405 g/mol. The largest absolute Gasteiger partial charge is 0.477 e. The highest BCUT2D eigenvalue weighted by molar-refractivity contribution is 5.94. The lowest BCUT2D eigenvalue weighted by Crippen LogP contribution is -2.28. The zero-order valence-electron chi connectivity index (χ0n) is 16.5. The number of benzene rings is 1. The second kappa shape index (κ2) is 7.40. The van der Waals surface area contributed by atoms with Gasteiger partial charge in [0.05, 0.1) is 10.9 Å². The number of anilines is 1. The minimum Gasteiger partial charge on any atom is -0.477 e. The molecular weight excluding hydrogens is 380 g/mol. The van der Waals surface area contributed by atoms with Crippen molar-refractivity contribution < 1.29 is 18.7 Å². The molecule has 2 aromatic rings. The van der Waals surface area contributed by atoms with E-state index in [9.17, 15) is 19.1 Å². The Morgan fingerprint density at radius 3 is 2.72 bits per heavy atom. The molecular formula is C21H25F2N3O3. The number of pyridine rings is 1. The number of carboxylic acids is 1. The summed E-state index contributed by atoms with van der Waals surface area (Å²) in [4.78, 5) is 25.8. The smallest absolute Gasteiger partial charge is 0.341 e. The van der Waals surface area contributed by atoms with Gasteiger partial charge in [0.2, 0.25) is 5.43 Å². The van der Waals surface area contributed by atoms with Gasteiger partial charge in [-0.15, -0.1) is 0 Å². The fourth-order valence-electron chi connectivity index (χ4n) is 4.38. The molecule has 3 atom stereocenters. The van der Waals surface area contributed by atoms with Crippen molar-refractivity contribution in [3.8, 4) is 0 Å². The zero-order chi connectivity index (χ0) is 20.9. The fourth-order valence-corrected chi connectivity index (χ4v) is 4.38. The van der Waals surface area contributed by atoms with Crippen molar-refractivity contribution in [2.24, 2.45) is 11.8 Å². The Labute approximate surface area is 167 Å². The second-order valence-electron chi connectivity index (χ2n) is 8.19. The molecule has 0 radical (unpaired) electrons. The number of aromatic nitrogens is 1. The number of aromatic carboxylic acids is 1. The fraction of sp³-hybridized carbons (Fsp3) is 0.524. The summed E-state index contributed by atoms with van der Waals surface area (Å²) in [6.45, 7) is 6.68. The predicted octanol–water partition coefficient (Wildman–Crippen LogP) is 2.99. The molecule has 3 unspecified atom stereocenters. The van der Waals surface area contributed by atoms with Crippen molar-refractivity contribution >= 4 is 22.6 Å². The van der Waals surface area contributed by atoms with Crippen molar-refractivity contribution in [2.75, 3.05) is 31.1 Å². The summed E-state index contributed by atoms with van der Waals surface area (Å²) >= 11 is 0. The molecule has 1 aliphatic carbocycles. The van der Waals surface area contributed by atoms with E-state index in [1.807, 2.05) is 13.8 Å². The Bertz CT molecular complexity index is 1040. The van der Waals surface area contributed by atoms with Gasteiger partial charge in [0.1, 0.15) is 17.1 Å². The summed E-state index contributed by atoms with van der Waals surface area (Å²) in [5.41, 5.74) is -1.44. The van der Waals surface area contributed by atoms with Crippen LogP contribution in [0.1, 0.15) is 43.1 Å². The Balaban J connectivity index is 1.85. The van der Waals surface area contributed by atoms with Crippen molar-refractivity contribution in [3.63, 3.8) is 0 Å². The second-order valence-corrected chi connectivity index (χ2v) is 8.19. The molecule has 8 heteroatoms. The summed E-state index contributed by atoms with van der Waals surface area (Å²) in [6, 6.07) is 0.910. The van der Waals surface area contributed by atoms with Gasteiger partial charge < -0.3 is 19.9 Å². The summed E-state index contributed by atoms with van der Waals surface area (Å²) in [5.74, 6) is -2.46. The first-order valence-electron chi connectivity index (χ1n) is 10.1. The molecule has 2 N–H and O–H groups in total. The third-order valence-electron chi connectivity index (χ3n) is 6.12. The number of carboxylic acid groups (broad SMARTS) is 1. The maximum atomic E-state index is 15.6. The van der Waals surface area contributed by atoms with E-state index in [-0.39, 0.29) is 28.6 Å². The van der Waals surface area contributed by atoms with E-state index >= 15 is 4.39 Å². The van der Waals surface area contributed by atoms with Crippen LogP contribution in [0.4, 0.5) is 14.5 Å². The molecule has 156 valence electrons. The van der Waals surface area contributed by atoms with Crippen LogP contribution < -0.4 is 15.6 Å². The number of hydrogen-bond donors (Lipinski definition) is 2. The number of halogens is 2. The summed E-state index contributed by atoms with van der Waals surface area (Å²) in [5, 5.41) is 12.4. The molecule has 2 heterocycles. The van der Waals surface area contributed by atoms with Gasteiger partial charge in [-0.2, -0.15) is 0 Å². The minimum absolute atomic E-state index is 0.000818. The molecule has 4 rings (SSSR count). The number of fused-ring (bicyclic) bond motifs is 1.